The number of hydrogen-bond acceptors (Lipinski definition) is 5. The third-order valence-corrected chi connectivity index (χ3v) is 5.08. The van der Waals surface area contributed by atoms with E-state index in [9.17, 15) is 4.79 Å². The zero-order valence-electron chi connectivity index (χ0n) is 11.7. The molecule has 5 nitrogen and oxygen atoms in total. The Hall–Kier alpha value is -1.70. The molecule has 0 aromatic carbocycles. The normalized spacial score (nSPS) is 10.8. The summed E-state index contributed by atoms with van der Waals surface area (Å²) in [5.41, 5.74) is 0.762. The number of thiophene rings is 1. The van der Waals surface area contributed by atoms with Crippen molar-refractivity contribution in [1.29, 1.82) is 0 Å². The maximum absolute atomic E-state index is 12.0. The molecule has 0 unspecified atom stereocenters. The average Bonchev–Trinajstić information content (AvgIpc) is 3.18. The number of nitrogens with one attached hydrogen (secondary N) is 1. The molecular weight excluding hydrogens is 340 g/mol. The minimum Gasteiger partial charge on any atom is -0.333 e. The number of rotatable bonds is 5. The van der Waals surface area contributed by atoms with E-state index in [1.807, 2.05) is 35.3 Å². The van der Waals surface area contributed by atoms with E-state index in [2.05, 4.69) is 15.3 Å². The van der Waals surface area contributed by atoms with Crippen molar-refractivity contribution < 1.29 is 4.79 Å². The Kier molecular flexibility index (Phi) is 4.56. The third kappa shape index (κ3) is 3.55. The summed E-state index contributed by atoms with van der Waals surface area (Å²) < 4.78 is 2.64. The summed E-state index contributed by atoms with van der Waals surface area (Å²) in [4.78, 5) is 21.7. The molecular formula is C14H13ClN4OS2. The maximum atomic E-state index is 12.0. The number of imidazole rings is 1. The van der Waals surface area contributed by atoms with Gasteiger partial charge in [0.1, 0.15) is 5.69 Å². The molecule has 0 saturated carbocycles. The van der Waals surface area contributed by atoms with E-state index in [0.717, 1.165) is 20.7 Å². The first-order valence-electron chi connectivity index (χ1n) is 6.59. The monoisotopic (exact) mass is 352 g/mol. The average molecular weight is 353 g/mol. The number of carbonyl (C=O) groups is 1. The highest BCUT2D eigenvalue weighted by Gasteiger charge is 2.11. The molecule has 3 aromatic rings. The molecule has 114 valence electrons. The number of nitrogens with zero attached hydrogens (tertiary/aromatic N) is 3. The lowest BCUT2D eigenvalue weighted by atomic mass is 10.2. The topological polar surface area (TPSA) is 59.8 Å². The third-order valence-electron chi connectivity index (χ3n) is 3.03. The number of hydrogen-bond donors (Lipinski definition) is 1. The van der Waals surface area contributed by atoms with Gasteiger partial charge < -0.3 is 9.88 Å². The van der Waals surface area contributed by atoms with E-state index in [0.29, 0.717) is 18.0 Å². The molecule has 22 heavy (non-hydrogen) atoms. The first-order valence-corrected chi connectivity index (χ1v) is 8.66. The van der Waals surface area contributed by atoms with Gasteiger partial charge in [0, 0.05) is 36.1 Å². The van der Waals surface area contributed by atoms with Crippen molar-refractivity contribution in [2.24, 2.45) is 7.05 Å². The lowest BCUT2D eigenvalue weighted by Gasteiger charge is -2.00. The number of aryl methyl sites for hydroxylation is 2. The van der Waals surface area contributed by atoms with Crippen molar-refractivity contribution in [3.63, 3.8) is 0 Å². The van der Waals surface area contributed by atoms with Crippen LogP contribution in [0.25, 0.3) is 11.5 Å². The van der Waals surface area contributed by atoms with Gasteiger partial charge in [0.15, 0.2) is 11.0 Å². The molecule has 0 radical (unpaired) electrons. The zero-order valence-corrected chi connectivity index (χ0v) is 14.1. The second-order valence-electron chi connectivity index (χ2n) is 4.65. The predicted octanol–water partition coefficient (Wildman–Crippen LogP) is 3.83. The van der Waals surface area contributed by atoms with Crippen LogP contribution in [0.5, 0.6) is 0 Å². The van der Waals surface area contributed by atoms with Gasteiger partial charge in [0.05, 0.1) is 4.34 Å². The minimum atomic E-state index is -0.0507. The van der Waals surface area contributed by atoms with Crippen LogP contribution in [0.3, 0.4) is 0 Å². The molecule has 0 spiro atoms. The van der Waals surface area contributed by atoms with Crippen molar-refractivity contribution in [1.82, 2.24) is 14.5 Å². The van der Waals surface area contributed by atoms with E-state index in [1.165, 1.54) is 22.7 Å². The van der Waals surface area contributed by atoms with Crippen molar-refractivity contribution in [3.05, 3.63) is 39.1 Å². The smallest absolute Gasteiger partial charge is 0.226 e. The minimum absolute atomic E-state index is 0.0507. The fourth-order valence-corrected chi connectivity index (χ4v) is 3.74. The number of halogens is 1. The van der Waals surface area contributed by atoms with Gasteiger partial charge in [-0.05, 0) is 18.6 Å². The first-order chi connectivity index (χ1) is 10.6. The summed E-state index contributed by atoms with van der Waals surface area (Å²) in [7, 11) is 1.91. The van der Waals surface area contributed by atoms with Gasteiger partial charge in [-0.3, -0.25) is 4.79 Å². The van der Waals surface area contributed by atoms with Gasteiger partial charge in [-0.2, -0.15) is 0 Å². The van der Waals surface area contributed by atoms with E-state index >= 15 is 0 Å². The Balaban J connectivity index is 1.58. The Labute approximate surface area is 140 Å². The van der Waals surface area contributed by atoms with Crippen LogP contribution >= 0.6 is 34.3 Å². The highest BCUT2D eigenvalue weighted by atomic mass is 35.5. The molecule has 0 aliphatic rings. The van der Waals surface area contributed by atoms with Crippen LogP contribution in [-0.4, -0.2) is 20.4 Å². The largest absolute Gasteiger partial charge is 0.333 e. The molecule has 0 saturated heterocycles. The van der Waals surface area contributed by atoms with Crippen molar-refractivity contribution >= 4 is 45.3 Å². The standard InChI is InChI=1S/C14H13ClN4OS2/c1-19-7-6-16-13(19)10-8-21-14(17-10)18-12(20)5-3-9-2-4-11(15)22-9/h2,4,6-8H,3,5H2,1H3,(H,17,18,20). The van der Waals surface area contributed by atoms with E-state index in [-0.39, 0.29) is 5.91 Å². The summed E-state index contributed by atoms with van der Waals surface area (Å²) in [5, 5.41) is 5.30. The van der Waals surface area contributed by atoms with Gasteiger partial charge in [-0.25, -0.2) is 9.97 Å². The van der Waals surface area contributed by atoms with Crippen molar-refractivity contribution in [2.45, 2.75) is 12.8 Å². The van der Waals surface area contributed by atoms with E-state index in [4.69, 9.17) is 11.6 Å². The Morgan fingerprint density at radius 1 is 1.45 bits per heavy atom. The summed E-state index contributed by atoms with van der Waals surface area (Å²) in [6.07, 6.45) is 4.67. The molecule has 3 aromatic heterocycles. The summed E-state index contributed by atoms with van der Waals surface area (Å²) in [6, 6.07) is 3.79. The highest BCUT2D eigenvalue weighted by Crippen LogP contribution is 2.24. The second kappa shape index (κ2) is 6.60. The van der Waals surface area contributed by atoms with E-state index in [1.54, 1.807) is 6.20 Å². The molecule has 1 amide bonds. The molecule has 0 fully saturated rings. The maximum Gasteiger partial charge on any atom is 0.226 e. The van der Waals surface area contributed by atoms with Gasteiger partial charge >= 0.3 is 0 Å². The molecule has 0 atom stereocenters. The molecule has 3 rings (SSSR count). The Morgan fingerprint density at radius 2 is 2.32 bits per heavy atom. The SMILES string of the molecule is Cn1ccnc1-c1csc(NC(=O)CCc2ccc(Cl)s2)n1. The van der Waals surface area contributed by atoms with Crippen molar-refractivity contribution in [3.8, 4) is 11.5 Å². The Bertz CT molecular complexity index is 792. The summed E-state index contributed by atoms with van der Waals surface area (Å²) in [5.74, 6) is 0.732. The fraction of sp³-hybridized carbons (Fsp3) is 0.214. The molecule has 8 heteroatoms. The van der Waals surface area contributed by atoms with Crippen LogP contribution in [-0.2, 0) is 18.3 Å². The number of aromatic nitrogens is 3. The highest BCUT2D eigenvalue weighted by molar-refractivity contribution is 7.16. The number of amides is 1. The van der Waals surface area contributed by atoms with Crippen molar-refractivity contribution in [2.75, 3.05) is 5.32 Å². The van der Waals surface area contributed by atoms with Crippen LogP contribution < -0.4 is 5.32 Å². The Morgan fingerprint density at radius 3 is 3.00 bits per heavy atom. The summed E-state index contributed by atoms with van der Waals surface area (Å²) >= 11 is 8.77. The fourth-order valence-electron chi connectivity index (χ4n) is 1.95. The number of carbonyl (C=O) groups excluding carboxylic acids is 1. The molecule has 0 bridgehead atoms. The lowest BCUT2D eigenvalue weighted by Crippen LogP contribution is -2.11. The van der Waals surface area contributed by atoms with E-state index < -0.39 is 0 Å². The van der Waals surface area contributed by atoms with Crippen LogP contribution in [0.15, 0.2) is 29.9 Å². The predicted molar refractivity (Wildman–Crippen MR) is 90.6 cm³/mol. The van der Waals surface area contributed by atoms with Gasteiger partial charge in [-0.15, -0.1) is 22.7 Å². The summed E-state index contributed by atoms with van der Waals surface area (Å²) in [6.45, 7) is 0. The molecule has 0 aliphatic carbocycles. The molecule has 1 N–H and O–H groups in total. The zero-order chi connectivity index (χ0) is 15.5. The van der Waals surface area contributed by atoms with Crippen LogP contribution in [0.1, 0.15) is 11.3 Å². The lowest BCUT2D eigenvalue weighted by molar-refractivity contribution is -0.116. The molecule has 3 heterocycles. The number of anilines is 1. The van der Waals surface area contributed by atoms with Gasteiger partial charge in [0.2, 0.25) is 5.91 Å². The van der Waals surface area contributed by atoms with Gasteiger partial charge in [0.25, 0.3) is 0 Å². The second-order valence-corrected chi connectivity index (χ2v) is 7.31. The molecule has 0 aliphatic heterocycles. The number of thiazole rings is 1. The first kappa shape index (κ1) is 15.2. The quantitative estimate of drug-likeness (QED) is 0.759. The van der Waals surface area contributed by atoms with Crippen LogP contribution in [0.4, 0.5) is 5.13 Å². The van der Waals surface area contributed by atoms with Crippen LogP contribution in [0, 0.1) is 0 Å². The van der Waals surface area contributed by atoms with Gasteiger partial charge in [-0.1, -0.05) is 11.6 Å². The van der Waals surface area contributed by atoms with Crippen LogP contribution in [0.2, 0.25) is 4.34 Å².